The van der Waals surface area contributed by atoms with Gasteiger partial charge in [0.2, 0.25) is 0 Å². The van der Waals surface area contributed by atoms with Crippen molar-refractivity contribution in [3.05, 3.63) is 91.5 Å². The minimum atomic E-state index is -0.932. The van der Waals surface area contributed by atoms with Gasteiger partial charge in [-0.05, 0) is 74.4 Å². The van der Waals surface area contributed by atoms with E-state index < -0.39 is 17.7 Å². The van der Waals surface area contributed by atoms with Crippen LogP contribution in [0.3, 0.4) is 0 Å². The van der Waals surface area contributed by atoms with Gasteiger partial charge in [0.25, 0.3) is 5.91 Å². The fourth-order valence-electron chi connectivity index (χ4n) is 3.94. The smallest absolute Gasteiger partial charge is 0.321 e. The van der Waals surface area contributed by atoms with Crippen LogP contribution in [-0.4, -0.2) is 22.4 Å². The summed E-state index contributed by atoms with van der Waals surface area (Å²) < 4.78 is 2.07. The van der Waals surface area contributed by atoms with Gasteiger partial charge in [0.1, 0.15) is 5.69 Å². The second kappa shape index (κ2) is 10.3. The first-order chi connectivity index (χ1) is 17.0. The highest BCUT2D eigenvalue weighted by atomic mass is 79.9. The summed E-state index contributed by atoms with van der Waals surface area (Å²) in [7, 11) is 0. The molecule has 0 aliphatic rings. The molecule has 36 heavy (non-hydrogen) atoms. The molecule has 3 aromatic carbocycles. The van der Waals surface area contributed by atoms with Crippen LogP contribution in [0, 0.1) is 20.8 Å². The van der Waals surface area contributed by atoms with Crippen molar-refractivity contribution in [1.82, 2.24) is 4.68 Å². The predicted octanol–water partition coefficient (Wildman–Crippen LogP) is 6.60. The van der Waals surface area contributed by atoms with Crippen molar-refractivity contribution in [2.24, 2.45) is 0 Å². The zero-order chi connectivity index (χ0) is 26.1. The Balaban J connectivity index is 1.64. The number of anilines is 2. The monoisotopic (exact) mass is 586 g/mol. The Bertz CT molecular complexity index is 1520. The maximum atomic E-state index is 13.2. The lowest BCUT2D eigenvalue weighted by atomic mass is 10.1. The van der Waals surface area contributed by atoms with E-state index in [-0.39, 0.29) is 10.7 Å². The molecule has 0 bridgehead atoms. The molecule has 3 amide bonds. The summed E-state index contributed by atoms with van der Waals surface area (Å²) in [5, 5.41) is 6.73. The number of nitrogens with zero attached hydrogens (tertiary/aromatic N) is 1. The standard InChI is InChI=1S/C26H21BrCl2N4O3/c1-13-8-14(2)23(15(3)9-13)31-25(35)26(36)32-33-21-7-4-17(27)10-16(21)11-22(33)24(34)30-18-5-6-19(28)20(29)12-18/h4-12H,1-3H3,(H,30,34)(H,31,35)(H,32,36). The van der Waals surface area contributed by atoms with Crippen LogP contribution in [-0.2, 0) is 9.59 Å². The summed E-state index contributed by atoms with van der Waals surface area (Å²) in [6.07, 6.45) is 0. The quantitative estimate of drug-likeness (QED) is 0.235. The Morgan fingerprint density at radius 2 is 1.50 bits per heavy atom. The zero-order valence-corrected chi connectivity index (χ0v) is 22.6. The SMILES string of the molecule is Cc1cc(C)c(NC(=O)C(=O)Nn2c(C(=O)Nc3ccc(Cl)c(Cl)c3)cc3cc(Br)ccc32)c(C)c1. The Hall–Kier alpha value is -3.33. The minimum Gasteiger partial charge on any atom is -0.321 e. The molecule has 1 aromatic heterocycles. The fourth-order valence-corrected chi connectivity index (χ4v) is 4.62. The lowest BCUT2D eigenvalue weighted by molar-refractivity contribution is -0.133. The number of benzene rings is 3. The third-order valence-electron chi connectivity index (χ3n) is 5.51. The first-order valence-electron chi connectivity index (χ1n) is 10.8. The largest absolute Gasteiger partial charge is 0.328 e. The topological polar surface area (TPSA) is 92.2 Å². The molecule has 0 unspecified atom stereocenters. The van der Waals surface area contributed by atoms with Gasteiger partial charge in [-0.2, -0.15) is 0 Å². The number of halogens is 3. The molecule has 0 aliphatic carbocycles. The second-order valence-corrected chi connectivity index (χ2v) is 10.0. The van der Waals surface area contributed by atoms with E-state index >= 15 is 0 Å². The van der Waals surface area contributed by atoms with Crippen LogP contribution < -0.4 is 16.1 Å². The van der Waals surface area contributed by atoms with Crippen LogP contribution in [0.5, 0.6) is 0 Å². The number of hydrogen-bond acceptors (Lipinski definition) is 3. The molecular weight excluding hydrogens is 567 g/mol. The van der Waals surface area contributed by atoms with Crippen LogP contribution in [0.1, 0.15) is 27.2 Å². The van der Waals surface area contributed by atoms with Gasteiger partial charge in [0.05, 0.1) is 15.6 Å². The molecule has 4 aromatic rings. The number of fused-ring (bicyclic) bond motifs is 1. The van der Waals surface area contributed by atoms with Gasteiger partial charge in [0, 0.05) is 21.2 Å². The lowest BCUT2D eigenvalue weighted by Gasteiger charge is -2.15. The van der Waals surface area contributed by atoms with Gasteiger partial charge >= 0.3 is 11.8 Å². The van der Waals surface area contributed by atoms with Gasteiger partial charge in [-0.15, -0.1) is 0 Å². The molecule has 0 atom stereocenters. The summed E-state index contributed by atoms with van der Waals surface area (Å²) in [5.74, 6) is -2.31. The van der Waals surface area contributed by atoms with Crippen LogP contribution >= 0.6 is 39.1 Å². The Morgan fingerprint density at radius 1 is 0.806 bits per heavy atom. The highest BCUT2D eigenvalue weighted by Gasteiger charge is 2.22. The average molecular weight is 588 g/mol. The summed E-state index contributed by atoms with van der Waals surface area (Å²) in [6.45, 7) is 5.67. The van der Waals surface area contributed by atoms with E-state index in [9.17, 15) is 14.4 Å². The van der Waals surface area contributed by atoms with Crippen molar-refractivity contribution in [2.75, 3.05) is 16.1 Å². The van der Waals surface area contributed by atoms with E-state index in [2.05, 4.69) is 32.0 Å². The summed E-state index contributed by atoms with van der Waals surface area (Å²) in [5.41, 5.74) is 6.91. The number of amides is 3. The van der Waals surface area contributed by atoms with Crippen molar-refractivity contribution >= 4 is 79.1 Å². The Labute approximate surface area is 225 Å². The van der Waals surface area contributed by atoms with Crippen molar-refractivity contribution in [1.29, 1.82) is 0 Å². The molecule has 0 aliphatic heterocycles. The minimum absolute atomic E-state index is 0.109. The van der Waals surface area contributed by atoms with Crippen molar-refractivity contribution < 1.29 is 14.4 Å². The average Bonchev–Trinajstić information content (AvgIpc) is 3.15. The highest BCUT2D eigenvalue weighted by Crippen LogP contribution is 2.27. The molecular formula is C26H21BrCl2N4O3. The van der Waals surface area contributed by atoms with Crippen molar-refractivity contribution in [3.63, 3.8) is 0 Å². The summed E-state index contributed by atoms with van der Waals surface area (Å²) in [6, 6.07) is 15.4. The van der Waals surface area contributed by atoms with Crippen molar-refractivity contribution in [3.8, 4) is 0 Å². The second-order valence-electron chi connectivity index (χ2n) is 8.32. The number of aromatic nitrogens is 1. The third kappa shape index (κ3) is 5.41. The summed E-state index contributed by atoms with van der Waals surface area (Å²) >= 11 is 15.4. The van der Waals surface area contributed by atoms with Crippen LogP contribution in [0.25, 0.3) is 10.9 Å². The Morgan fingerprint density at radius 3 is 2.17 bits per heavy atom. The fraction of sp³-hybridized carbons (Fsp3) is 0.115. The third-order valence-corrected chi connectivity index (χ3v) is 6.74. The first-order valence-corrected chi connectivity index (χ1v) is 12.4. The molecule has 10 heteroatoms. The molecule has 4 rings (SSSR count). The molecule has 0 fully saturated rings. The molecule has 0 saturated heterocycles. The van der Waals surface area contributed by atoms with Gasteiger partial charge in [-0.25, -0.2) is 4.68 Å². The van der Waals surface area contributed by atoms with E-state index in [1.807, 2.05) is 32.9 Å². The number of hydrogen-bond donors (Lipinski definition) is 3. The molecule has 184 valence electrons. The van der Waals surface area contributed by atoms with Gasteiger partial charge in [-0.1, -0.05) is 56.8 Å². The van der Waals surface area contributed by atoms with Crippen LogP contribution in [0.4, 0.5) is 11.4 Å². The Kier molecular flexibility index (Phi) is 7.40. The van der Waals surface area contributed by atoms with Crippen molar-refractivity contribution in [2.45, 2.75) is 20.8 Å². The zero-order valence-electron chi connectivity index (χ0n) is 19.5. The normalized spacial score (nSPS) is 10.8. The summed E-state index contributed by atoms with van der Waals surface area (Å²) in [4.78, 5) is 38.9. The van der Waals surface area contributed by atoms with Crippen LogP contribution in [0.2, 0.25) is 10.0 Å². The predicted molar refractivity (Wildman–Crippen MR) is 148 cm³/mol. The maximum Gasteiger partial charge on any atom is 0.328 e. The molecule has 7 nitrogen and oxygen atoms in total. The van der Waals surface area contributed by atoms with E-state index in [1.165, 1.54) is 10.7 Å². The van der Waals surface area contributed by atoms with Gasteiger partial charge < -0.3 is 10.6 Å². The molecule has 0 saturated carbocycles. The molecule has 0 radical (unpaired) electrons. The van der Waals surface area contributed by atoms with E-state index in [0.29, 0.717) is 27.3 Å². The number of rotatable bonds is 4. The molecule has 1 heterocycles. The number of carbonyl (C=O) groups is 3. The van der Waals surface area contributed by atoms with Crippen LogP contribution in [0.15, 0.2) is 59.1 Å². The maximum absolute atomic E-state index is 13.2. The van der Waals surface area contributed by atoms with Gasteiger partial charge in [0.15, 0.2) is 0 Å². The van der Waals surface area contributed by atoms with E-state index in [1.54, 1.807) is 36.4 Å². The van der Waals surface area contributed by atoms with Gasteiger partial charge in [-0.3, -0.25) is 19.8 Å². The first kappa shape index (κ1) is 25.8. The number of carbonyl (C=O) groups excluding carboxylic acids is 3. The van der Waals surface area contributed by atoms with E-state index in [0.717, 1.165) is 21.2 Å². The number of aryl methyl sites for hydroxylation is 3. The van der Waals surface area contributed by atoms with E-state index in [4.69, 9.17) is 23.2 Å². The number of nitrogens with one attached hydrogen (secondary N) is 3. The molecule has 3 N–H and O–H groups in total. The highest BCUT2D eigenvalue weighted by molar-refractivity contribution is 9.10. The molecule has 0 spiro atoms. The lowest BCUT2D eigenvalue weighted by Crippen LogP contribution is -2.36.